The highest BCUT2D eigenvalue weighted by atomic mass is 16.5. The van der Waals surface area contributed by atoms with Crippen LogP contribution in [0, 0.1) is 0 Å². The van der Waals surface area contributed by atoms with Crippen LogP contribution in [-0.4, -0.2) is 82.2 Å². The monoisotopic (exact) mass is 532 g/mol. The van der Waals surface area contributed by atoms with Gasteiger partial charge in [-0.3, -0.25) is 9.59 Å². The summed E-state index contributed by atoms with van der Waals surface area (Å²) in [5, 5.41) is 10.0. The third kappa shape index (κ3) is 6.90. The van der Waals surface area contributed by atoms with Gasteiger partial charge in [0.2, 0.25) is 5.91 Å². The number of nitrogens with two attached hydrogens (primary N) is 1. The predicted octanol–water partition coefficient (Wildman–Crippen LogP) is 2.96. The molecule has 2 heterocycles. The Hall–Kier alpha value is -4.02. The number of likely N-dealkylation sites (N-methyl/N-ethyl adjacent to an activating group) is 1. The highest BCUT2D eigenvalue weighted by Crippen LogP contribution is 2.29. The van der Waals surface area contributed by atoms with Gasteiger partial charge < -0.3 is 29.9 Å². The number of nitrogen functional groups attached to an aromatic ring is 1. The number of carboxylic acid groups (broad SMARTS) is 1. The molecule has 0 unspecified atom stereocenters. The van der Waals surface area contributed by atoms with Crippen LogP contribution in [0.3, 0.4) is 0 Å². The number of methoxy groups -OCH3 is 1. The minimum Gasteiger partial charge on any atom is -0.481 e. The van der Waals surface area contributed by atoms with Crippen molar-refractivity contribution in [3.05, 3.63) is 65.5 Å². The van der Waals surface area contributed by atoms with E-state index in [-0.39, 0.29) is 12.3 Å². The third-order valence-corrected chi connectivity index (χ3v) is 6.58. The molecule has 4 aromatic rings. The molecule has 0 saturated carbocycles. The zero-order valence-electron chi connectivity index (χ0n) is 22.8. The summed E-state index contributed by atoms with van der Waals surface area (Å²) in [6.45, 7) is 2.47. The smallest absolute Gasteiger partial charge is 0.307 e. The first-order valence-electron chi connectivity index (χ1n) is 13.0. The summed E-state index contributed by atoms with van der Waals surface area (Å²) in [4.78, 5) is 37.3. The third-order valence-electron chi connectivity index (χ3n) is 6.58. The van der Waals surface area contributed by atoms with Gasteiger partial charge in [-0.2, -0.15) is 0 Å². The lowest BCUT2D eigenvalue weighted by Crippen LogP contribution is -2.38. The average molecular weight is 533 g/mol. The Balaban J connectivity index is 1.58. The number of aryl methyl sites for hydroxylation is 1. The number of carbonyl (C=O) groups excluding carboxylic acids is 1. The Kier molecular flexibility index (Phi) is 9.11. The largest absolute Gasteiger partial charge is 0.481 e. The number of anilines is 1. The minimum atomic E-state index is -0.868. The molecule has 4 rings (SSSR count). The molecule has 2 aromatic carbocycles. The van der Waals surface area contributed by atoms with Crippen LogP contribution in [0.15, 0.2) is 48.5 Å². The highest BCUT2D eigenvalue weighted by Gasteiger charge is 2.19. The van der Waals surface area contributed by atoms with Crippen molar-refractivity contribution in [2.45, 2.75) is 32.4 Å². The Morgan fingerprint density at radius 3 is 2.46 bits per heavy atom. The molecule has 0 aliphatic carbocycles. The fourth-order valence-corrected chi connectivity index (χ4v) is 4.77. The fourth-order valence-electron chi connectivity index (χ4n) is 4.77. The van der Waals surface area contributed by atoms with Crippen LogP contribution in [0.1, 0.15) is 23.4 Å². The van der Waals surface area contributed by atoms with Crippen LogP contribution in [-0.2, 0) is 40.3 Å². The number of imidazole rings is 1. The molecular weight excluding hydrogens is 496 g/mol. The summed E-state index contributed by atoms with van der Waals surface area (Å²) in [6.07, 6.45) is 1.31. The number of ether oxygens (including phenoxy) is 1. The Labute approximate surface area is 228 Å². The molecular formula is C29H36N6O4. The number of para-hydroxylation sites is 1. The molecule has 0 fully saturated rings. The van der Waals surface area contributed by atoms with Crippen molar-refractivity contribution in [3.63, 3.8) is 0 Å². The number of hydrogen-bond acceptors (Lipinski definition) is 7. The Morgan fingerprint density at radius 2 is 1.77 bits per heavy atom. The average Bonchev–Trinajstić information content (AvgIpc) is 3.26. The first kappa shape index (κ1) is 28.0. The van der Waals surface area contributed by atoms with E-state index in [1.807, 2.05) is 60.3 Å². The van der Waals surface area contributed by atoms with Crippen LogP contribution in [0.2, 0.25) is 0 Å². The minimum absolute atomic E-state index is 0.0253. The summed E-state index contributed by atoms with van der Waals surface area (Å²) in [5.74, 6) is 0.434. The first-order chi connectivity index (χ1) is 18.8. The zero-order valence-corrected chi connectivity index (χ0v) is 22.8. The van der Waals surface area contributed by atoms with Gasteiger partial charge in [-0.25, -0.2) is 9.97 Å². The number of benzene rings is 2. The summed E-state index contributed by atoms with van der Waals surface area (Å²) in [7, 11) is 5.42. The quantitative estimate of drug-likeness (QED) is 0.269. The van der Waals surface area contributed by atoms with Crippen molar-refractivity contribution in [1.82, 2.24) is 24.3 Å². The van der Waals surface area contributed by atoms with E-state index in [0.29, 0.717) is 57.0 Å². The molecule has 10 heteroatoms. The number of fused-ring (bicyclic) bond motifs is 3. The number of hydrogen-bond donors (Lipinski definition) is 2. The molecule has 0 aliphatic heterocycles. The van der Waals surface area contributed by atoms with Crippen molar-refractivity contribution in [2.24, 2.45) is 0 Å². The van der Waals surface area contributed by atoms with Crippen molar-refractivity contribution in [1.29, 1.82) is 0 Å². The van der Waals surface area contributed by atoms with E-state index in [9.17, 15) is 9.59 Å². The van der Waals surface area contributed by atoms with Gasteiger partial charge in [0, 0.05) is 38.6 Å². The lowest BCUT2D eigenvalue weighted by Gasteiger charge is -2.25. The van der Waals surface area contributed by atoms with Crippen LogP contribution in [0.25, 0.3) is 21.9 Å². The van der Waals surface area contributed by atoms with Gasteiger partial charge in [0.15, 0.2) is 5.82 Å². The lowest BCUT2D eigenvalue weighted by atomic mass is 10.1. The van der Waals surface area contributed by atoms with Crippen LogP contribution < -0.4 is 5.73 Å². The molecule has 0 spiro atoms. The van der Waals surface area contributed by atoms with Crippen molar-refractivity contribution >= 4 is 39.6 Å². The second-order valence-electron chi connectivity index (χ2n) is 9.93. The number of rotatable bonds is 13. The first-order valence-corrected chi connectivity index (χ1v) is 13.0. The second kappa shape index (κ2) is 12.7. The molecule has 0 bridgehead atoms. The van der Waals surface area contributed by atoms with Crippen molar-refractivity contribution in [3.8, 4) is 0 Å². The van der Waals surface area contributed by atoms with Crippen LogP contribution in [0.4, 0.5) is 5.82 Å². The van der Waals surface area contributed by atoms with Crippen molar-refractivity contribution < 1.29 is 19.4 Å². The lowest BCUT2D eigenvalue weighted by molar-refractivity contribution is -0.136. The summed E-state index contributed by atoms with van der Waals surface area (Å²) in [6, 6.07) is 15.3. The van der Waals surface area contributed by atoms with Gasteiger partial charge in [0.1, 0.15) is 11.3 Å². The van der Waals surface area contributed by atoms with E-state index < -0.39 is 5.97 Å². The molecule has 2 aromatic heterocycles. The normalized spacial score (nSPS) is 11.5. The number of aliphatic carboxylic acids is 1. The van der Waals surface area contributed by atoms with Gasteiger partial charge in [-0.05, 0) is 37.7 Å². The van der Waals surface area contributed by atoms with Crippen LogP contribution in [0.5, 0.6) is 0 Å². The van der Waals surface area contributed by atoms with E-state index in [1.54, 1.807) is 19.2 Å². The Morgan fingerprint density at radius 1 is 1.05 bits per heavy atom. The number of carboxylic acids is 1. The summed E-state index contributed by atoms with van der Waals surface area (Å²) in [5.41, 5.74) is 10.4. The predicted molar refractivity (Wildman–Crippen MR) is 151 cm³/mol. The second-order valence-corrected chi connectivity index (χ2v) is 9.93. The zero-order chi connectivity index (χ0) is 27.9. The maximum atomic E-state index is 13.1. The number of amides is 1. The molecule has 0 atom stereocenters. The number of nitrogens with zero attached hydrogens (tertiary/aromatic N) is 5. The molecule has 3 N–H and O–H groups in total. The summed E-state index contributed by atoms with van der Waals surface area (Å²) < 4.78 is 7.52. The van der Waals surface area contributed by atoms with Gasteiger partial charge in [0.25, 0.3) is 0 Å². The Bertz CT molecular complexity index is 1450. The van der Waals surface area contributed by atoms with Gasteiger partial charge >= 0.3 is 5.97 Å². The molecule has 0 saturated heterocycles. The molecule has 206 valence electrons. The maximum Gasteiger partial charge on any atom is 0.307 e. The van der Waals surface area contributed by atoms with Gasteiger partial charge in [0.05, 0.1) is 30.6 Å². The molecule has 1 amide bonds. The number of pyridine rings is 1. The van der Waals surface area contributed by atoms with Crippen LogP contribution >= 0.6 is 0 Å². The van der Waals surface area contributed by atoms with E-state index in [1.165, 1.54) is 0 Å². The van der Waals surface area contributed by atoms with E-state index in [0.717, 1.165) is 33.4 Å². The fraction of sp³-hybridized carbons (Fsp3) is 0.379. The number of carbonyl (C=O) groups is 2. The van der Waals surface area contributed by atoms with E-state index in [2.05, 4.69) is 9.55 Å². The topological polar surface area (TPSA) is 127 Å². The van der Waals surface area contributed by atoms with Gasteiger partial charge in [-0.1, -0.05) is 42.5 Å². The molecule has 39 heavy (non-hydrogen) atoms. The van der Waals surface area contributed by atoms with E-state index in [4.69, 9.17) is 20.6 Å². The highest BCUT2D eigenvalue weighted by molar-refractivity contribution is 6.06. The SMILES string of the molecule is COCCc1nc2c(N)nc3ccccc3c2n1CCCN(Cc1ccc(CC(=O)O)cc1)C(=O)CN(C)C. The maximum absolute atomic E-state index is 13.1. The summed E-state index contributed by atoms with van der Waals surface area (Å²) >= 11 is 0. The van der Waals surface area contributed by atoms with E-state index >= 15 is 0 Å². The standard InChI is InChI=1S/C29H36N6O4/c1-33(2)19-25(36)34(18-21-11-9-20(10-12-21)17-26(37)38)14-6-15-35-24(13-16-39-3)32-27-28(35)22-7-4-5-8-23(22)31-29(27)30/h4-5,7-12H,6,13-19H2,1-3H3,(H2,30,31)(H,37,38). The molecule has 0 radical (unpaired) electrons. The van der Waals surface area contributed by atoms with Gasteiger partial charge in [-0.15, -0.1) is 0 Å². The molecule has 0 aliphatic rings. The number of aromatic nitrogens is 3. The molecule has 10 nitrogen and oxygen atoms in total. The van der Waals surface area contributed by atoms with Crippen molar-refractivity contribution in [2.75, 3.05) is 46.6 Å².